The summed E-state index contributed by atoms with van der Waals surface area (Å²) in [6.45, 7) is 0.103. The van der Waals surface area contributed by atoms with Gasteiger partial charge in [0, 0.05) is 17.8 Å². The van der Waals surface area contributed by atoms with Gasteiger partial charge in [-0.1, -0.05) is 29.8 Å². The number of ether oxygens (including phenoxy) is 2. The summed E-state index contributed by atoms with van der Waals surface area (Å²) in [7, 11) is 1.44. The Morgan fingerprint density at radius 1 is 1.18 bits per heavy atom. The first-order valence-corrected chi connectivity index (χ1v) is 10.0. The summed E-state index contributed by atoms with van der Waals surface area (Å²) < 4.78 is 11.1. The minimum atomic E-state index is -0.558. The number of para-hydroxylation sites is 1. The quantitative estimate of drug-likeness (QED) is 0.207. The Kier molecular flexibility index (Phi) is 7.63. The Labute approximate surface area is 194 Å². The first-order valence-electron chi connectivity index (χ1n) is 9.63. The number of rotatable bonds is 8. The molecule has 0 radical (unpaired) electrons. The van der Waals surface area contributed by atoms with E-state index in [9.17, 15) is 20.2 Å². The number of nitro groups is 1. The lowest BCUT2D eigenvalue weighted by Gasteiger charge is -2.13. The molecule has 166 valence electrons. The highest BCUT2D eigenvalue weighted by molar-refractivity contribution is 6.32. The number of halogens is 1. The van der Waals surface area contributed by atoms with Crippen molar-refractivity contribution in [2.24, 2.45) is 0 Å². The smallest absolute Gasteiger partial charge is 0.269 e. The van der Waals surface area contributed by atoms with E-state index in [0.29, 0.717) is 22.6 Å². The number of nitrogens with one attached hydrogen (secondary N) is 1. The fourth-order valence-electron chi connectivity index (χ4n) is 2.87. The van der Waals surface area contributed by atoms with Crippen LogP contribution in [0.15, 0.2) is 72.3 Å². The molecule has 0 unspecified atom stereocenters. The van der Waals surface area contributed by atoms with Crippen molar-refractivity contribution >= 4 is 35.0 Å². The number of amides is 1. The number of nitro benzene ring substituents is 1. The van der Waals surface area contributed by atoms with Crippen LogP contribution in [0.1, 0.15) is 11.1 Å². The second-order valence-electron chi connectivity index (χ2n) is 6.74. The molecule has 1 N–H and O–H groups in total. The molecule has 0 heterocycles. The third-order valence-electron chi connectivity index (χ3n) is 4.49. The molecule has 0 fully saturated rings. The van der Waals surface area contributed by atoms with E-state index >= 15 is 0 Å². The summed E-state index contributed by atoms with van der Waals surface area (Å²) in [5.41, 5.74) is 1.60. The van der Waals surface area contributed by atoms with Crippen LogP contribution in [0.25, 0.3) is 6.08 Å². The molecule has 0 aliphatic carbocycles. The van der Waals surface area contributed by atoms with Gasteiger partial charge in [-0.05, 0) is 53.6 Å². The number of nitrogens with zero attached hydrogens (tertiary/aromatic N) is 2. The zero-order chi connectivity index (χ0) is 23.8. The maximum atomic E-state index is 12.4. The molecule has 0 aromatic heterocycles. The van der Waals surface area contributed by atoms with Crippen LogP contribution in [-0.2, 0) is 11.4 Å². The van der Waals surface area contributed by atoms with Gasteiger partial charge in [-0.3, -0.25) is 14.9 Å². The zero-order valence-electron chi connectivity index (χ0n) is 17.4. The number of carbonyl (C=O) groups is 1. The summed E-state index contributed by atoms with van der Waals surface area (Å²) in [6.07, 6.45) is 1.40. The Hall–Kier alpha value is -4.35. The predicted octanol–water partition coefficient (Wildman–Crippen LogP) is 5.38. The third kappa shape index (κ3) is 6.09. The lowest BCUT2D eigenvalue weighted by atomic mass is 10.1. The van der Waals surface area contributed by atoms with Gasteiger partial charge in [-0.25, -0.2) is 0 Å². The molecule has 0 aliphatic rings. The average molecular weight is 464 g/mol. The van der Waals surface area contributed by atoms with E-state index in [1.807, 2.05) is 12.1 Å². The van der Waals surface area contributed by atoms with Crippen molar-refractivity contribution in [3.63, 3.8) is 0 Å². The molecule has 0 saturated carbocycles. The second kappa shape index (κ2) is 10.8. The van der Waals surface area contributed by atoms with E-state index in [1.165, 1.54) is 25.3 Å². The van der Waals surface area contributed by atoms with E-state index in [2.05, 4.69) is 5.32 Å². The number of nitriles is 1. The van der Waals surface area contributed by atoms with Crippen LogP contribution in [0, 0.1) is 21.4 Å². The topological polar surface area (TPSA) is 114 Å². The fraction of sp³-hybridized carbons (Fsp3) is 0.0833. The summed E-state index contributed by atoms with van der Waals surface area (Å²) in [4.78, 5) is 22.7. The SMILES string of the molecule is COc1cc(/C=C(\C#N)C(=O)Nc2ccccc2)cc(Cl)c1OCc1ccc([N+](=O)[O-])cc1. The minimum absolute atomic E-state index is 0.0184. The first kappa shape index (κ1) is 23.3. The molecule has 3 rings (SSSR count). The highest BCUT2D eigenvalue weighted by Gasteiger charge is 2.15. The molecule has 3 aromatic rings. The average Bonchev–Trinajstić information content (AvgIpc) is 2.82. The maximum Gasteiger partial charge on any atom is 0.269 e. The van der Waals surface area contributed by atoms with Crippen LogP contribution >= 0.6 is 11.6 Å². The number of non-ortho nitro benzene ring substituents is 1. The van der Waals surface area contributed by atoms with E-state index in [-0.39, 0.29) is 28.6 Å². The predicted molar refractivity (Wildman–Crippen MR) is 124 cm³/mol. The van der Waals surface area contributed by atoms with Gasteiger partial charge in [0.2, 0.25) is 0 Å². The molecule has 9 heteroatoms. The van der Waals surface area contributed by atoms with Crippen LogP contribution in [0.3, 0.4) is 0 Å². The van der Waals surface area contributed by atoms with Crippen molar-refractivity contribution in [1.82, 2.24) is 0 Å². The fourth-order valence-corrected chi connectivity index (χ4v) is 3.14. The van der Waals surface area contributed by atoms with Crippen molar-refractivity contribution < 1.29 is 19.2 Å². The first-order chi connectivity index (χ1) is 15.9. The lowest BCUT2D eigenvalue weighted by molar-refractivity contribution is -0.384. The van der Waals surface area contributed by atoms with E-state index in [1.54, 1.807) is 48.5 Å². The number of methoxy groups -OCH3 is 1. The molecular formula is C24H18ClN3O5. The largest absolute Gasteiger partial charge is 0.493 e. The Morgan fingerprint density at radius 3 is 2.48 bits per heavy atom. The number of benzene rings is 3. The number of carbonyl (C=O) groups excluding carboxylic acids is 1. The molecule has 0 spiro atoms. The summed E-state index contributed by atoms with van der Waals surface area (Å²) in [5, 5.41) is 23.1. The Balaban J connectivity index is 1.79. The number of hydrogen-bond donors (Lipinski definition) is 1. The van der Waals surface area contributed by atoms with E-state index in [0.717, 1.165) is 0 Å². The van der Waals surface area contributed by atoms with Crippen molar-refractivity contribution in [2.45, 2.75) is 6.61 Å². The van der Waals surface area contributed by atoms with Crippen LogP contribution in [0.5, 0.6) is 11.5 Å². The molecule has 0 atom stereocenters. The molecular weight excluding hydrogens is 446 g/mol. The van der Waals surface area contributed by atoms with Gasteiger partial charge in [0.25, 0.3) is 11.6 Å². The molecule has 0 bridgehead atoms. The summed E-state index contributed by atoms with van der Waals surface area (Å²) >= 11 is 6.38. The number of anilines is 1. The van der Waals surface area contributed by atoms with Crippen LogP contribution in [0.4, 0.5) is 11.4 Å². The standard InChI is InChI=1S/C24H18ClN3O5/c1-32-22-13-17(11-18(14-26)24(29)27-19-5-3-2-4-6-19)12-21(25)23(22)33-15-16-7-9-20(10-8-16)28(30)31/h2-13H,15H2,1H3,(H,27,29)/b18-11+. The Morgan fingerprint density at radius 2 is 1.88 bits per heavy atom. The number of hydrogen-bond acceptors (Lipinski definition) is 6. The summed E-state index contributed by atoms with van der Waals surface area (Å²) in [6, 6.07) is 19.7. The van der Waals surface area contributed by atoms with Gasteiger partial charge in [-0.15, -0.1) is 0 Å². The Bertz CT molecular complexity index is 1240. The molecule has 0 aliphatic heterocycles. The van der Waals surface area contributed by atoms with Gasteiger partial charge >= 0.3 is 0 Å². The van der Waals surface area contributed by atoms with Gasteiger partial charge < -0.3 is 14.8 Å². The molecule has 8 nitrogen and oxygen atoms in total. The van der Waals surface area contributed by atoms with E-state index in [4.69, 9.17) is 21.1 Å². The normalized spacial score (nSPS) is 10.8. The van der Waals surface area contributed by atoms with Gasteiger partial charge in [-0.2, -0.15) is 5.26 Å². The van der Waals surface area contributed by atoms with Crippen LogP contribution in [-0.4, -0.2) is 17.9 Å². The molecule has 3 aromatic carbocycles. The monoisotopic (exact) mass is 463 g/mol. The highest BCUT2D eigenvalue weighted by atomic mass is 35.5. The summed E-state index contributed by atoms with van der Waals surface area (Å²) in [5.74, 6) is 0.00983. The third-order valence-corrected chi connectivity index (χ3v) is 4.77. The van der Waals surface area contributed by atoms with Gasteiger partial charge in [0.1, 0.15) is 18.2 Å². The van der Waals surface area contributed by atoms with Gasteiger partial charge in [0.05, 0.1) is 17.1 Å². The van der Waals surface area contributed by atoms with Crippen LogP contribution in [0.2, 0.25) is 5.02 Å². The molecule has 0 saturated heterocycles. The van der Waals surface area contributed by atoms with Crippen molar-refractivity contribution in [2.75, 3.05) is 12.4 Å². The highest BCUT2D eigenvalue weighted by Crippen LogP contribution is 2.37. The van der Waals surface area contributed by atoms with Crippen molar-refractivity contribution in [1.29, 1.82) is 5.26 Å². The van der Waals surface area contributed by atoms with Crippen LogP contribution < -0.4 is 14.8 Å². The maximum absolute atomic E-state index is 12.4. The zero-order valence-corrected chi connectivity index (χ0v) is 18.2. The minimum Gasteiger partial charge on any atom is -0.493 e. The van der Waals surface area contributed by atoms with E-state index < -0.39 is 10.8 Å². The van der Waals surface area contributed by atoms with Crippen molar-refractivity contribution in [3.05, 3.63) is 98.6 Å². The second-order valence-corrected chi connectivity index (χ2v) is 7.14. The van der Waals surface area contributed by atoms with Gasteiger partial charge in [0.15, 0.2) is 11.5 Å². The molecule has 33 heavy (non-hydrogen) atoms. The van der Waals surface area contributed by atoms with Crippen molar-refractivity contribution in [3.8, 4) is 17.6 Å². The molecule has 1 amide bonds. The lowest BCUT2D eigenvalue weighted by Crippen LogP contribution is -2.13.